The van der Waals surface area contributed by atoms with Crippen molar-refractivity contribution < 1.29 is 38.9 Å². The van der Waals surface area contributed by atoms with E-state index in [4.69, 9.17) is 19.7 Å². The summed E-state index contributed by atoms with van der Waals surface area (Å²) >= 11 is 1.20. The molecule has 0 unspecified atom stereocenters. The van der Waals surface area contributed by atoms with Crippen molar-refractivity contribution in [2.24, 2.45) is 0 Å². The number of rotatable bonds is 12. The molecule has 0 atom stereocenters. The highest BCUT2D eigenvalue weighted by Crippen LogP contribution is 2.28. The number of nitrogens with zero attached hydrogens (tertiary/aromatic N) is 2. The molecular weight excluding hydrogens is 516 g/mol. The summed E-state index contributed by atoms with van der Waals surface area (Å²) < 4.78 is 10.4. The van der Waals surface area contributed by atoms with Crippen molar-refractivity contribution in [2.75, 3.05) is 32.6 Å². The van der Waals surface area contributed by atoms with E-state index in [1.807, 2.05) is 0 Å². The zero-order valence-electron chi connectivity index (χ0n) is 22.2. The summed E-state index contributed by atoms with van der Waals surface area (Å²) in [6, 6.07) is 5.68. The van der Waals surface area contributed by atoms with Gasteiger partial charge in [0.25, 0.3) is 11.8 Å². The van der Waals surface area contributed by atoms with Gasteiger partial charge >= 0.3 is 11.9 Å². The van der Waals surface area contributed by atoms with Crippen molar-refractivity contribution in [3.05, 3.63) is 47.0 Å². The molecule has 0 radical (unpaired) electrons. The molecule has 13 heteroatoms. The van der Waals surface area contributed by atoms with E-state index in [1.54, 1.807) is 23.6 Å². The number of benzene rings is 1. The second-order valence-electron chi connectivity index (χ2n) is 8.25. The fourth-order valence-electron chi connectivity index (χ4n) is 3.23. The lowest BCUT2D eigenvalue weighted by molar-refractivity contribution is -0.134. The van der Waals surface area contributed by atoms with Crippen LogP contribution in [-0.2, 0) is 9.59 Å². The number of anilines is 1. The Morgan fingerprint density at radius 2 is 1.55 bits per heavy atom. The monoisotopic (exact) mass is 550 g/mol. The van der Waals surface area contributed by atoms with Crippen molar-refractivity contribution >= 4 is 40.2 Å². The second-order valence-corrected chi connectivity index (χ2v) is 9.11. The van der Waals surface area contributed by atoms with Crippen LogP contribution in [0.5, 0.6) is 11.5 Å². The van der Waals surface area contributed by atoms with Crippen LogP contribution in [0.4, 0.5) is 5.13 Å². The summed E-state index contributed by atoms with van der Waals surface area (Å²) in [5.74, 6) is -2.12. The standard InChI is InChI=1S/C21H30N4O4S.C4H4O4/c1-13(2)25(14(3)4)10-9-22-20(27)16-12-30-21(23-16)24-19(26)15-7-8-17(28-5)18(11-15)29-6;5-3(6)1-2-4(7)8/h7-8,11-14H,9-10H2,1-6H3,(H,22,27)(H,23,24,26);1-2H,(H,5,6)(H,7,8)/b;2-1-. The van der Waals surface area contributed by atoms with Crippen molar-refractivity contribution in [2.45, 2.75) is 39.8 Å². The van der Waals surface area contributed by atoms with Gasteiger partial charge in [-0.15, -0.1) is 11.3 Å². The molecule has 1 aromatic heterocycles. The molecule has 0 saturated heterocycles. The SMILES string of the molecule is COc1ccc(C(=O)Nc2nc(C(=O)NCCN(C(C)C)C(C)C)cs2)cc1OC.O=C(O)/C=C\C(=O)O. The minimum Gasteiger partial charge on any atom is -0.493 e. The molecule has 2 rings (SSSR count). The van der Waals surface area contributed by atoms with E-state index >= 15 is 0 Å². The second kappa shape index (κ2) is 16.0. The number of hydrogen-bond acceptors (Lipinski definition) is 9. The Morgan fingerprint density at radius 1 is 0.974 bits per heavy atom. The van der Waals surface area contributed by atoms with Gasteiger partial charge in [-0.05, 0) is 45.9 Å². The number of aromatic nitrogens is 1. The molecule has 2 amide bonds. The lowest BCUT2D eigenvalue weighted by Crippen LogP contribution is -2.42. The first-order valence-electron chi connectivity index (χ1n) is 11.6. The van der Waals surface area contributed by atoms with Crippen molar-refractivity contribution in [3.63, 3.8) is 0 Å². The zero-order valence-corrected chi connectivity index (χ0v) is 23.0. The Balaban J connectivity index is 0.000000781. The molecule has 12 nitrogen and oxygen atoms in total. The molecular formula is C25H34N4O8S. The first-order chi connectivity index (χ1) is 17.9. The van der Waals surface area contributed by atoms with Crippen LogP contribution in [0.1, 0.15) is 48.5 Å². The predicted octanol–water partition coefficient (Wildman–Crippen LogP) is 2.97. The Hall–Kier alpha value is -3.97. The molecule has 0 saturated carbocycles. The number of nitrogens with one attached hydrogen (secondary N) is 2. The lowest BCUT2D eigenvalue weighted by atomic mass is 10.2. The molecule has 4 N–H and O–H groups in total. The smallest absolute Gasteiger partial charge is 0.328 e. The zero-order chi connectivity index (χ0) is 28.8. The number of methoxy groups -OCH3 is 2. The summed E-state index contributed by atoms with van der Waals surface area (Å²) in [6.07, 6.45) is 1.12. The molecule has 208 valence electrons. The van der Waals surface area contributed by atoms with E-state index in [9.17, 15) is 19.2 Å². The van der Waals surface area contributed by atoms with Gasteiger partial charge in [0, 0.05) is 48.3 Å². The van der Waals surface area contributed by atoms with Crippen molar-refractivity contribution in [1.29, 1.82) is 0 Å². The van der Waals surface area contributed by atoms with Gasteiger partial charge in [-0.2, -0.15) is 0 Å². The molecule has 38 heavy (non-hydrogen) atoms. The van der Waals surface area contributed by atoms with Crippen molar-refractivity contribution in [1.82, 2.24) is 15.2 Å². The predicted molar refractivity (Wildman–Crippen MR) is 143 cm³/mol. The van der Waals surface area contributed by atoms with Gasteiger partial charge in [0.1, 0.15) is 5.69 Å². The van der Waals surface area contributed by atoms with E-state index < -0.39 is 11.9 Å². The first-order valence-corrected chi connectivity index (χ1v) is 12.4. The molecule has 0 aliphatic heterocycles. The Kier molecular flexibility index (Phi) is 13.5. The number of ether oxygens (including phenoxy) is 2. The van der Waals surface area contributed by atoms with Crippen LogP contribution in [0.15, 0.2) is 35.7 Å². The minimum atomic E-state index is -1.26. The van der Waals surface area contributed by atoms with Crippen LogP contribution < -0.4 is 20.1 Å². The van der Waals surface area contributed by atoms with Crippen LogP contribution in [-0.4, -0.2) is 83.2 Å². The summed E-state index contributed by atoms with van der Waals surface area (Å²) in [7, 11) is 3.04. The molecule has 0 fully saturated rings. The van der Waals surface area contributed by atoms with Gasteiger partial charge in [-0.3, -0.25) is 19.8 Å². The molecule has 0 aliphatic carbocycles. The average molecular weight is 551 g/mol. The number of carboxylic acids is 2. The fourth-order valence-corrected chi connectivity index (χ4v) is 3.91. The third kappa shape index (κ3) is 11.0. The summed E-state index contributed by atoms with van der Waals surface area (Å²) in [5, 5.41) is 23.2. The number of carbonyl (C=O) groups is 4. The number of carbonyl (C=O) groups excluding carboxylic acids is 2. The molecule has 0 bridgehead atoms. The van der Waals surface area contributed by atoms with Gasteiger partial charge in [0.15, 0.2) is 16.6 Å². The van der Waals surface area contributed by atoms with Gasteiger partial charge < -0.3 is 25.0 Å². The normalized spacial score (nSPS) is 10.8. The van der Waals surface area contributed by atoms with Crippen LogP contribution >= 0.6 is 11.3 Å². The molecule has 0 aliphatic rings. The fraction of sp³-hybridized carbons (Fsp3) is 0.400. The molecule has 0 spiro atoms. The molecule has 1 heterocycles. The van der Waals surface area contributed by atoms with E-state index in [-0.39, 0.29) is 17.5 Å². The van der Waals surface area contributed by atoms with Crippen LogP contribution in [0.2, 0.25) is 0 Å². The highest BCUT2D eigenvalue weighted by molar-refractivity contribution is 7.14. The third-order valence-electron chi connectivity index (χ3n) is 4.95. The summed E-state index contributed by atoms with van der Waals surface area (Å²) in [4.78, 5) is 50.5. The van der Waals surface area contributed by atoms with Gasteiger partial charge in [0.05, 0.1) is 14.2 Å². The molecule has 2 aromatic rings. The number of amides is 2. The number of carboxylic acid groups (broad SMARTS) is 2. The summed E-state index contributed by atoms with van der Waals surface area (Å²) in [5.41, 5.74) is 0.680. The highest BCUT2D eigenvalue weighted by Gasteiger charge is 2.16. The Morgan fingerprint density at radius 3 is 2.05 bits per heavy atom. The highest BCUT2D eigenvalue weighted by atomic mass is 32.1. The van der Waals surface area contributed by atoms with Crippen LogP contribution in [0.25, 0.3) is 0 Å². The summed E-state index contributed by atoms with van der Waals surface area (Å²) in [6.45, 7) is 9.82. The minimum absolute atomic E-state index is 0.259. The average Bonchev–Trinajstić information content (AvgIpc) is 3.33. The maximum atomic E-state index is 12.5. The van der Waals surface area contributed by atoms with Crippen LogP contribution in [0.3, 0.4) is 0 Å². The maximum absolute atomic E-state index is 12.5. The topological polar surface area (TPSA) is 167 Å². The maximum Gasteiger partial charge on any atom is 0.328 e. The van der Waals surface area contributed by atoms with E-state index in [2.05, 4.69) is 48.2 Å². The van der Waals surface area contributed by atoms with Crippen LogP contribution in [0, 0.1) is 0 Å². The van der Waals surface area contributed by atoms with Gasteiger partial charge in [0.2, 0.25) is 0 Å². The quantitative estimate of drug-likeness (QED) is 0.288. The van der Waals surface area contributed by atoms with E-state index in [1.165, 1.54) is 25.6 Å². The van der Waals surface area contributed by atoms with Gasteiger partial charge in [-0.25, -0.2) is 14.6 Å². The number of hydrogen-bond donors (Lipinski definition) is 4. The number of thiazole rings is 1. The Bertz CT molecular complexity index is 1110. The largest absolute Gasteiger partial charge is 0.493 e. The Labute approximate surface area is 225 Å². The van der Waals surface area contributed by atoms with Crippen molar-refractivity contribution in [3.8, 4) is 11.5 Å². The number of aliphatic carboxylic acids is 2. The molecule has 1 aromatic carbocycles. The van der Waals surface area contributed by atoms with E-state index in [0.717, 1.165) is 6.54 Å². The van der Waals surface area contributed by atoms with Gasteiger partial charge in [-0.1, -0.05) is 0 Å². The van der Waals surface area contributed by atoms with E-state index in [0.29, 0.717) is 53.0 Å². The first kappa shape index (κ1) is 32.1. The third-order valence-corrected chi connectivity index (χ3v) is 5.71. The lowest BCUT2D eigenvalue weighted by Gasteiger charge is -2.30.